The van der Waals surface area contributed by atoms with Crippen molar-refractivity contribution in [2.24, 2.45) is 0 Å². The molecule has 0 atom stereocenters. The van der Waals surface area contributed by atoms with E-state index in [2.05, 4.69) is 23.9 Å². The summed E-state index contributed by atoms with van der Waals surface area (Å²) < 4.78 is 26.5. The number of hydrogen-bond donors (Lipinski definition) is 2. The van der Waals surface area contributed by atoms with Gasteiger partial charge in [0.1, 0.15) is 0 Å². The van der Waals surface area contributed by atoms with E-state index in [1.807, 2.05) is 24.3 Å². The molecule has 0 saturated carbocycles. The molecule has 2 aromatic carbocycles. The first-order valence-electron chi connectivity index (χ1n) is 7.83. The van der Waals surface area contributed by atoms with E-state index in [9.17, 15) is 13.2 Å². The summed E-state index contributed by atoms with van der Waals surface area (Å²) in [5.74, 6) is 0.199. The van der Waals surface area contributed by atoms with E-state index in [4.69, 9.17) is 0 Å². The Bertz CT molecular complexity index is 770. The molecule has 0 aliphatic heterocycles. The molecule has 0 radical (unpaired) electrons. The summed E-state index contributed by atoms with van der Waals surface area (Å²) in [6.07, 6.45) is 0.0675. The summed E-state index contributed by atoms with van der Waals surface area (Å²) in [4.78, 5) is 12.1. The van der Waals surface area contributed by atoms with E-state index in [0.717, 1.165) is 0 Å². The zero-order valence-corrected chi connectivity index (χ0v) is 14.6. The van der Waals surface area contributed by atoms with Crippen molar-refractivity contribution in [1.29, 1.82) is 0 Å². The third kappa shape index (κ3) is 5.18. The van der Waals surface area contributed by atoms with Gasteiger partial charge in [-0.2, -0.15) is 0 Å². The standard InChI is InChI=1S/C18H22N2O3S/c1-14(2)15-8-10-16(11-9-15)20-18(21)12-13-19-24(22,23)17-6-4-3-5-7-17/h3-11,14,19H,12-13H2,1-2H3,(H,20,21). The highest BCUT2D eigenvalue weighted by atomic mass is 32.2. The van der Waals surface area contributed by atoms with Gasteiger partial charge in [-0.3, -0.25) is 4.79 Å². The Morgan fingerprint density at radius 2 is 1.62 bits per heavy atom. The number of benzene rings is 2. The molecule has 0 spiro atoms. The van der Waals surface area contributed by atoms with E-state index in [-0.39, 0.29) is 23.8 Å². The molecule has 1 amide bonds. The van der Waals surface area contributed by atoms with Crippen molar-refractivity contribution in [2.75, 3.05) is 11.9 Å². The van der Waals surface area contributed by atoms with Gasteiger partial charge in [0.15, 0.2) is 0 Å². The Balaban J connectivity index is 1.83. The number of carbonyl (C=O) groups is 1. The summed E-state index contributed by atoms with van der Waals surface area (Å²) in [6.45, 7) is 4.26. The SMILES string of the molecule is CC(C)c1ccc(NC(=O)CCNS(=O)(=O)c2ccccc2)cc1. The van der Waals surface area contributed by atoms with Gasteiger partial charge in [0.2, 0.25) is 15.9 Å². The van der Waals surface area contributed by atoms with Crippen LogP contribution < -0.4 is 10.0 Å². The third-order valence-electron chi connectivity index (χ3n) is 3.56. The summed E-state index contributed by atoms with van der Waals surface area (Å²) in [5.41, 5.74) is 1.90. The molecule has 0 aliphatic rings. The normalized spacial score (nSPS) is 11.5. The van der Waals surface area contributed by atoms with Crippen LogP contribution in [0.4, 0.5) is 5.69 Å². The van der Waals surface area contributed by atoms with Crippen LogP contribution in [-0.2, 0) is 14.8 Å². The number of rotatable bonds is 7. The van der Waals surface area contributed by atoms with Crippen molar-refractivity contribution in [3.63, 3.8) is 0 Å². The van der Waals surface area contributed by atoms with Crippen LogP contribution in [0.25, 0.3) is 0 Å². The maximum Gasteiger partial charge on any atom is 0.240 e. The quantitative estimate of drug-likeness (QED) is 0.809. The fourth-order valence-electron chi connectivity index (χ4n) is 2.16. The Hall–Kier alpha value is -2.18. The summed E-state index contributed by atoms with van der Waals surface area (Å²) in [6, 6.07) is 15.7. The van der Waals surface area contributed by atoms with E-state index in [1.54, 1.807) is 18.2 Å². The summed E-state index contributed by atoms with van der Waals surface area (Å²) >= 11 is 0. The van der Waals surface area contributed by atoms with Gasteiger partial charge in [-0.15, -0.1) is 0 Å². The molecule has 2 N–H and O–H groups in total. The molecule has 0 aromatic heterocycles. The van der Waals surface area contributed by atoms with Crippen molar-refractivity contribution in [1.82, 2.24) is 4.72 Å². The average Bonchev–Trinajstić information content (AvgIpc) is 2.56. The van der Waals surface area contributed by atoms with Crippen molar-refractivity contribution in [3.05, 3.63) is 60.2 Å². The van der Waals surface area contributed by atoms with Gasteiger partial charge in [-0.25, -0.2) is 13.1 Å². The van der Waals surface area contributed by atoms with E-state index in [0.29, 0.717) is 11.6 Å². The highest BCUT2D eigenvalue weighted by Crippen LogP contribution is 2.17. The van der Waals surface area contributed by atoms with Crippen LogP contribution in [0.3, 0.4) is 0 Å². The highest BCUT2D eigenvalue weighted by Gasteiger charge is 2.13. The molecule has 0 unspecified atom stereocenters. The molecule has 0 bridgehead atoms. The molecule has 2 aromatic rings. The van der Waals surface area contributed by atoms with Gasteiger partial charge >= 0.3 is 0 Å². The van der Waals surface area contributed by atoms with Crippen LogP contribution in [0.15, 0.2) is 59.5 Å². The molecule has 0 heterocycles. The zero-order valence-electron chi connectivity index (χ0n) is 13.8. The minimum Gasteiger partial charge on any atom is -0.326 e. The van der Waals surface area contributed by atoms with Crippen molar-refractivity contribution < 1.29 is 13.2 Å². The fraction of sp³-hybridized carbons (Fsp3) is 0.278. The van der Waals surface area contributed by atoms with Gasteiger partial charge in [0.25, 0.3) is 0 Å². The molecule has 0 aliphatic carbocycles. The molecule has 5 nitrogen and oxygen atoms in total. The number of sulfonamides is 1. The fourth-order valence-corrected chi connectivity index (χ4v) is 3.21. The van der Waals surface area contributed by atoms with Crippen LogP contribution in [0, 0.1) is 0 Å². The first-order chi connectivity index (χ1) is 11.4. The highest BCUT2D eigenvalue weighted by molar-refractivity contribution is 7.89. The Labute approximate surface area is 143 Å². The molecule has 24 heavy (non-hydrogen) atoms. The van der Waals surface area contributed by atoms with Gasteiger partial charge in [0.05, 0.1) is 4.90 Å². The smallest absolute Gasteiger partial charge is 0.240 e. The lowest BCUT2D eigenvalue weighted by Gasteiger charge is -2.09. The van der Waals surface area contributed by atoms with Gasteiger partial charge < -0.3 is 5.32 Å². The number of nitrogens with one attached hydrogen (secondary N) is 2. The van der Waals surface area contributed by atoms with Crippen LogP contribution in [0.5, 0.6) is 0 Å². The Kier molecular flexibility index (Phi) is 6.11. The number of anilines is 1. The summed E-state index contributed by atoms with van der Waals surface area (Å²) in [5, 5.41) is 2.76. The van der Waals surface area contributed by atoms with Gasteiger partial charge in [0, 0.05) is 18.7 Å². The van der Waals surface area contributed by atoms with Gasteiger partial charge in [-0.05, 0) is 35.7 Å². The summed E-state index contributed by atoms with van der Waals surface area (Å²) in [7, 11) is -3.57. The van der Waals surface area contributed by atoms with Crippen LogP contribution in [0.2, 0.25) is 0 Å². The number of amides is 1. The Morgan fingerprint density at radius 1 is 1.00 bits per heavy atom. The molecule has 2 rings (SSSR count). The predicted molar refractivity (Wildman–Crippen MR) is 95.4 cm³/mol. The minimum absolute atomic E-state index is 0.0487. The first-order valence-corrected chi connectivity index (χ1v) is 9.31. The van der Waals surface area contributed by atoms with Crippen LogP contribution in [-0.4, -0.2) is 20.9 Å². The topological polar surface area (TPSA) is 75.3 Å². The number of carbonyl (C=O) groups excluding carboxylic acids is 1. The largest absolute Gasteiger partial charge is 0.326 e. The lowest BCUT2D eigenvalue weighted by molar-refractivity contribution is -0.116. The predicted octanol–water partition coefficient (Wildman–Crippen LogP) is 3.12. The van der Waals surface area contributed by atoms with Gasteiger partial charge in [-0.1, -0.05) is 44.2 Å². The maximum atomic E-state index is 12.0. The molecule has 0 fully saturated rings. The third-order valence-corrected chi connectivity index (χ3v) is 5.04. The molecular weight excluding hydrogens is 324 g/mol. The maximum absolute atomic E-state index is 12.0. The second-order valence-corrected chi connectivity index (χ2v) is 7.55. The molecule has 0 saturated heterocycles. The van der Waals surface area contributed by atoms with Crippen LogP contribution >= 0.6 is 0 Å². The number of hydrogen-bond acceptors (Lipinski definition) is 3. The van der Waals surface area contributed by atoms with Crippen molar-refractivity contribution in [2.45, 2.75) is 31.1 Å². The van der Waals surface area contributed by atoms with E-state index >= 15 is 0 Å². The molecule has 128 valence electrons. The Morgan fingerprint density at radius 3 is 2.21 bits per heavy atom. The van der Waals surface area contributed by atoms with E-state index in [1.165, 1.54) is 17.7 Å². The molecular formula is C18H22N2O3S. The lowest BCUT2D eigenvalue weighted by Crippen LogP contribution is -2.27. The average molecular weight is 346 g/mol. The lowest BCUT2D eigenvalue weighted by atomic mass is 10.0. The molecule has 6 heteroatoms. The first kappa shape index (κ1) is 18.2. The second kappa shape index (κ2) is 8.08. The van der Waals surface area contributed by atoms with Crippen molar-refractivity contribution >= 4 is 21.6 Å². The second-order valence-electron chi connectivity index (χ2n) is 5.79. The monoisotopic (exact) mass is 346 g/mol. The van der Waals surface area contributed by atoms with Crippen molar-refractivity contribution in [3.8, 4) is 0 Å². The van der Waals surface area contributed by atoms with Crippen LogP contribution in [0.1, 0.15) is 31.7 Å². The minimum atomic E-state index is -3.57. The van der Waals surface area contributed by atoms with E-state index < -0.39 is 10.0 Å². The zero-order chi connectivity index (χ0) is 17.6.